The number of ether oxygens (including phenoxy) is 2. The SMILES string of the molecule is O=C(OC1CCOC1)c1cc([N+](=O)[O-])cnc1Cl. The zero-order valence-corrected chi connectivity index (χ0v) is 9.92. The van der Waals surface area contributed by atoms with Gasteiger partial charge in [0.15, 0.2) is 0 Å². The Morgan fingerprint density at radius 1 is 1.67 bits per heavy atom. The van der Waals surface area contributed by atoms with E-state index < -0.39 is 10.9 Å². The molecule has 0 N–H and O–H groups in total. The van der Waals surface area contributed by atoms with Gasteiger partial charge in [-0.05, 0) is 0 Å². The van der Waals surface area contributed by atoms with Crippen LogP contribution in [0.1, 0.15) is 16.8 Å². The Labute approximate surface area is 107 Å². The number of hydrogen-bond donors (Lipinski definition) is 0. The molecule has 18 heavy (non-hydrogen) atoms. The Balaban J connectivity index is 2.17. The third kappa shape index (κ3) is 2.74. The molecule has 7 nitrogen and oxygen atoms in total. The maximum Gasteiger partial charge on any atom is 0.341 e. The fraction of sp³-hybridized carbons (Fsp3) is 0.400. The summed E-state index contributed by atoms with van der Waals surface area (Å²) in [6.07, 6.45) is 1.25. The molecule has 1 atom stereocenters. The summed E-state index contributed by atoms with van der Waals surface area (Å²) in [6.45, 7) is 0.852. The van der Waals surface area contributed by atoms with E-state index in [1.165, 1.54) is 0 Å². The van der Waals surface area contributed by atoms with Crippen LogP contribution in [0.3, 0.4) is 0 Å². The van der Waals surface area contributed by atoms with Gasteiger partial charge in [-0.1, -0.05) is 11.6 Å². The number of nitro groups is 1. The van der Waals surface area contributed by atoms with Gasteiger partial charge in [0.05, 0.1) is 18.1 Å². The Bertz CT molecular complexity index is 487. The first-order chi connectivity index (χ1) is 8.58. The van der Waals surface area contributed by atoms with E-state index in [0.717, 1.165) is 12.3 Å². The Morgan fingerprint density at radius 3 is 3.06 bits per heavy atom. The minimum absolute atomic E-state index is 0.113. The molecule has 0 aromatic carbocycles. The van der Waals surface area contributed by atoms with Crippen molar-refractivity contribution in [2.45, 2.75) is 12.5 Å². The second-order valence-electron chi connectivity index (χ2n) is 3.68. The van der Waals surface area contributed by atoms with Crippen LogP contribution in [-0.2, 0) is 9.47 Å². The summed E-state index contributed by atoms with van der Waals surface area (Å²) >= 11 is 5.72. The first-order valence-corrected chi connectivity index (χ1v) is 5.54. The largest absolute Gasteiger partial charge is 0.456 e. The lowest BCUT2D eigenvalue weighted by Crippen LogP contribution is -2.18. The summed E-state index contributed by atoms with van der Waals surface area (Å²) in [5.41, 5.74) is -0.424. The van der Waals surface area contributed by atoms with Crippen molar-refractivity contribution < 1.29 is 19.2 Å². The number of rotatable bonds is 3. The molecule has 0 amide bonds. The molecule has 2 rings (SSSR count). The normalized spacial score (nSPS) is 18.6. The molecular formula is C10H9ClN2O5. The van der Waals surface area contributed by atoms with Gasteiger partial charge < -0.3 is 9.47 Å². The number of pyridine rings is 1. The highest BCUT2D eigenvalue weighted by Crippen LogP contribution is 2.21. The number of nitrogens with zero attached hydrogens (tertiary/aromatic N) is 2. The highest BCUT2D eigenvalue weighted by atomic mass is 35.5. The zero-order valence-electron chi connectivity index (χ0n) is 9.17. The molecule has 0 radical (unpaired) electrons. The molecule has 1 aliphatic heterocycles. The number of carbonyl (C=O) groups excluding carboxylic acids is 1. The quantitative estimate of drug-likeness (QED) is 0.359. The van der Waals surface area contributed by atoms with Gasteiger partial charge in [-0.3, -0.25) is 10.1 Å². The highest BCUT2D eigenvalue weighted by molar-refractivity contribution is 6.32. The zero-order chi connectivity index (χ0) is 13.1. The minimum Gasteiger partial charge on any atom is -0.456 e. The van der Waals surface area contributed by atoms with Gasteiger partial charge in [0.2, 0.25) is 0 Å². The van der Waals surface area contributed by atoms with Gasteiger partial charge in [-0.15, -0.1) is 0 Å². The predicted octanol–water partition coefficient (Wildman–Crippen LogP) is 1.59. The van der Waals surface area contributed by atoms with Crippen molar-refractivity contribution >= 4 is 23.3 Å². The van der Waals surface area contributed by atoms with Crippen molar-refractivity contribution in [1.82, 2.24) is 4.98 Å². The summed E-state index contributed by atoms with van der Waals surface area (Å²) in [5, 5.41) is 10.5. The van der Waals surface area contributed by atoms with E-state index in [1.807, 2.05) is 0 Å². The molecule has 0 aliphatic carbocycles. The van der Waals surface area contributed by atoms with Gasteiger partial charge in [-0.2, -0.15) is 0 Å². The van der Waals surface area contributed by atoms with Crippen LogP contribution in [0.25, 0.3) is 0 Å². The Kier molecular flexibility index (Phi) is 3.73. The van der Waals surface area contributed by atoms with Crippen molar-refractivity contribution in [3.8, 4) is 0 Å². The molecule has 96 valence electrons. The molecule has 1 unspecified atom stereocenters. The number of aromatic nitrogens is 1. The molecule has 2 heterocycles. The summed E-state index contributed by atoms with van der Waals surface area (Å²) in [4.78, 5) is 25.3. The maximum absolute atomic E-state index is 11.8. The number of carbonyl (C=O) groups is 1. The predicted molar refractivity (Wildman–Crippen MR) is 60.5 cm³/mol. The van der Waals surface area contributed by atoms with Gasteiger partial charge in [0.1, 0.15) is 23.0 Å². The molecule has 0 saturated carbocycles. The third-order valence-corrected chi connectivity index (χ3v) is 2.72. The lowest BCUT2D eigenvalue weighted by molar-refractivity contribution is -0.385. The Hall–Kier alpha value is -1.73. The summed E-state index contributed by atoms with van der Waals surface area (Å²) in [5.74, 6) is -0.730. The Morgan fingerprint density at radius 2 is 2.44 bits per heavy atom. The average Bonchev–Trinajstić information content (AvgIpc) is 2.81. The second-order valence-corrected chi connectivity index (χ2v) is 4.04. The van der Waals surface area contributed by atoms with Crippen molar-refractivity contribution in [3.05, 3.63) is 33.1 Å². The summed E-state index contributed by atoms with van der Waals surface area (Å²) < 4.78 is 10.2. The van der Waals surface area contributed by atoms with E-state index in [9.17, 15) is 14.9 Å². The van der Waals surface area contributed by atoms with Crippen molar-refractivity contribution in [2.24, 2.45) is 0 Å². The van der Waals surface area contributed by atoms with E-state index in [-0.39, 0.29) is 22.5 Å². The van der Waals surface area contributed by atoms with Crippen molar-refractivity contribution in [2.75, 3.05) is 13.2 Å². The summed E-state index contributed by atoms with van der Waals surface area (Å²) in [7, 11) is 0. The van der Waals surface area contributed by atoms with Gasteiger partial charge in [-0.25, -0.2) is 9.78 Å². The van der Waals surface area contributed by atoms with Crippen LogP contribution in [0, 0.1) is 10.1 Å². The van der Waals surface area contributed by atoms with Gasteiger partial charge in [0, 0.05) is 12.5 Å². The van der Waals surface area contributed by atoms with Gasteiger partial charge >= 0.3 is 5.97 Å². The van der Waals surface area contributed by atoms with Crippen LogP contribution >= 0.6 is 11.6 Å². The number of halogens is 1. The summed E-state index contributed by atoms with van der Waals surface area (Å²) in [6, 6.07) is 1.05. The fourth-order valence-corrected chi connectivity index (χ4v) is 1.68. The first kappa shape index (κ1) is 12.7. The van der Waals surface area contributed by atoms with Crippen LogP contribution in [-0.4, -0.2) is 35.2 Å². The first-order valence-electron chi connectivity index (χ1n) is 5.16. The van der Waals surface area contributed by atoms with E-state index in [2.05, 4.69) is 4.98 Å². The van der Waals surface area contributed by atoms with Crippen molar-refractivity contribution in [3.63, 3.8) is 0 Å². The fourth-order valence-electron chi connectivity index (χ4n) is 1.50. The smallest absolute Gasteiger partial charge is 0.341 e. The lowest BCUT2D eigenvalue weighted by Gasteiger charge is -2.10. The average molecular weight is 273 g/mol. The third-order valence-electron chi connectivity index (χ3n) is 2.42. The molecule has 1 fully saturated rings. The molecule has 1 aromatic heterocycles. The van der Waals surface area contributed by atoms with E-state index in [0.29, 0.717) is 19.6 Å². The molecule has 0 spiro atoms. The van der Waals surface area contributed by atoms with E-state index >= 15 is 0 Å². The van der Waals surface area contributed by atoms with Gasteiger partial charge in [0.25, 0.3) is 5.69 Å². The van der Waals surface area contributed by atoms with Crippen LogP contribution in [0.5, 0.6) is 0 Å². The van der Waals surface area contributed by atoms with Crippen LogP contribution < -0.4 is 0 Å². The molecule has 0 bridgehead atoms. The topological polar surface area (TPSA) is 91.6 Å². The molecular weight excluding hydrogens is 264 g/mol. The second kappa shape index (κ2) is 5.28. The molecule has 8 heteroatoms. The minimum atomic E-state index is -0.730. The monoisotopic (exact) mass is 272 g/mol. The van der Waals surface area contributed by atoms with E-state index in [1.54, 1.807) is 0 Å². The lowest BCUT2D eigenvalue weighted by atomic mass is 10.2. The van der Waals surface area contributed by atoms with Crippen LogP contribution in [0.4, 0.5) is 5.69 Å². The molecule has 1 aromatic rings. The van der Waals surface area contributed by atoms with Crippen molar-refractivity contribution in [1.29, 1.82) is 0 Å². The standard InChI is InChI=1S/C10H9ClN2O5/c11-9-8(3-6(4-12-9)13(15)16)10(14)18-7-1-2-17-5-7/h3-4,7H,1-2,5H2. The van der Waals surface area contributed by atoms with Crippen LogP contribution in [0.2, 0.25) is 5.15 Å². The molecule has 1 saturated heterocycles. The maximum atomic E-state index is 11.8. The highest BCUT2D eigenvalue weighted by Gasteiger charge is 2.24. The number of hydrogen-bond acceptors (Lipinski definition) is 6. The number of esters is 1. The van der Waals surface area contributed by atoms with E-state index in [4.69, 9.17) is 21.1 Å². The molecule has 1 aliphatic rings. The van der Waals surface area contributed by atoms with Crippen LogP contribution in [0.15, 0.2) is 12.3 Å².